The second-order valence-electron chi connectivity index (χ2n) is 7.07. The number of halogens is 1. The van der Waals surface area contributed by atoms with Gasteiger partial charge in [0.2, 0.25) is 10.0 Å². The summed E-state index contributed by atoms with van der Waals surface area (Å²) >= 11 is 6.20. The van der Waals surface area contributed by atoms with E-state index in [-0.39, 0.29) is 21.5 Å². The summed E-state index contributed by atoms with van der Waals surface area (Å²) in [7, 11) is -2.25. The maximum absolute atomic E-state index is 12.9. The highest BCUT2D eigenvalue weighted by Crippen LogP contribution is 2.24. The number of hydrogen-bond donors (Lipinski definition) is 1. The number of nitrogens with zero attached hydrogens (tertiary/aromatic N) is 3. The summed E-state index contributed by atoms with van der Waals surface area (Å²) in [6, 6.07) is 15.3. The molecule has 0 spiro atoms. The zero-order valence-electron chi connectivity index (χ0n) is 16.9. The van der Waals surface area contributed by atoms with Gasteiger partial charge in [0.25, 0.3) is 5.91 Å². The van der Waals surface area contributed by atoms with Crippen LogP contribution in [0.25, 0.3) is 0 Å². The van der Waals surface area contributed by atoms with Gasteiger partial charge in [0.1, 0.15) is 5.82 Å². The van der Waals surface area contributed by atoms with Crippen molar-refractivity contribution in [1.29, 1.82) is 0 Å². The van der Waals surface area contributed by atoms with Crippen LogP contribution in [0.1, 0.15) is 29.8 Å². The first-order chi connectivity index (χ1) is 14.2. The van der Waals surface area contributed by atoms with Crippen molar-refractivity contribution in [3.63, 3.8) is 0 Å². The summed E-state index contributed by atoms with van der Waals surface area (Å²) in [4.78, 5) is 12.9. The highest BCUT2D eigenvalue weighted by Gasteiger charge is 2.25. The summed E-state index contributed by atoms with van der Waals surface area (Å²) < 4.78 is 28.4. The molecule has 158 valence electrons. The molecule has 1 aromatic heterocycles. The fourth-order valence-corrected chi connectivity index (χ4v) is 4.39. The van der Waals surface area contributed by atoms with E-state index in [4.69, 9.17) is 11.6 Å². The molecule has 1 amide bonds. The quantitative estimate of drug-likeness (QED) is 0.597. The van der Waals surface area contributed by atoms with Crippen LogP contribution in [0.3, 0.4) is 0 Å². The topological polar surface area (TPSA) is 84.3 Å². The fourth-order valence-electron chi connectivity index (χ4n) is 2.79. The Hall–Kier alpha value is -2.68. The molecule has 0 aliphatic rings. The Kier molecular flexibility index (Phi) is 6.60. The number of carbonyl (C=O) groups is 1. The van der Waals surface area contributed by atoms with Crippen LogP contribution in [0.4, 0.5) is 5.82 Å². The number of sulfonamides is 1. The van der Waals surface area contributed by atoms with E-state index in [1.165, 1.54) is 29.6 Å². The molecule has 0 radical (unpaired) electrons. The molecule has 0 atom stereocenters. The molecule has 3 rings (SSSR count). The third-order valence-corrected chi connectivity index (χ3v) is 7.08. The number of anilines is 1. The Morgan fingerprint density at radius 2 is 1.87 bits per heavy atom. The highest BCUT2D eigenvalue weighted by molar-refractivity contribution is 7.89. The van der Waals surface area contributed by atoms with Gasteiger partial charge in [0.15, 0.2) is 0 Å². The van der Waals surface area contributed by atoms with E-state index >= 15 is 0 Å². The van der Waals surface area contributed by atoms with E-state index < -0.39 is 15.9 Å². The Morgan fingerprint density at radius 1 is 1.17 bits per heavy atom. The lowest BCUT2D eigenvalue weighted by Gasteiger charge is -2.21. The van der Waals surface area contributed by atoms with Crippen LogP contribution in [0.15, 0.2) is 65.7 Å². The van der Waals surface area contributed by atoms with Crippen LogP contribution < -0.4 is 5.32 Å². The lowest BCUT2D eigenvalue weighted by Crippen LogP contribution is -2.33. The molecule has 3 aromatic rings. The average Bonchev–Trinajstić information content (AvgIpc) is 3.14. The number of hydrogen-bond acceptors (Lipinski definition) is 4. The lowest BCUT2D eigenvalue weighted by molar-refractivity contribution is 0.102. The van der Waals surface area contributed by atoms with E-state index in [1.807, 2.05) is 30.3 Å². The van der Waals surface area contributed by atoms with Crippen LogP contribution in [-0.4, -0.2) is 41.5 Å². The highest BCUT2D eigenvalue weighted by atomic mass is 35.5. The molecule has 1 N–H and O–H groups in total. The van der Waals surface area contributed by atoms with Crippen molar-refractivity contribution >= 4 is 33.3 Å². The molecule has 0 aliphatic heterocycles. The number of carbonyl (C=O) groups excluding carboxylic acids is 1. The average molecular weight is 447 g/mol. The minimum absolute atomic E-state index is 0.00560. The zero-order valence-corrected chi connectivity index (χ0v) is 18.5. The number of aromatic nitrogens is 2. The fraction of sp³-hybridized carbons (Fsp3) is 0.238. The largest absolute Gasteiger partial charge is 0.307 e. The minimum Gasteiger partial charge on any atom is -0.307 e. The van der Waals surface area contributed by atoms with E-state index in [9.17, 15) is 13.2 Å². The van der Waals surface area contributed by atoms with Gasteiger partial charge < -0.3 is 5.32 Å². The smallest absolute Gasteiger partial charge is 0.258 e. The lowest BCUT2D eigenvalue weighted by atomic mass is 10.2. The SMILES string of the molecule is CC(C)N(C)S(=O)(=O)c1ccc(Cl)c(C(=O)Nc2ccnn2Cc2ccccc2)c1. The molecule has 2 aromatic carbocycles. The van der Waals surface area contributed by atoms with Gasteiger partial charge in [-0.3, -0.25) is 4.79 Å². The molecule has 0 bridgehead atoms. The van der Waals surface area contributed by atoms with Gasteiger partial charge in [-0.2, -0.15) is 9.40 Å². The van der Waals surface area contributed by atoms with Crippen LogP contribution in [0.2, 0.25) is 5.02 Å². The number of benzene rings is 2. The summed E-state index contributed by atoms with van der Waals surface area (Å²) in [5.74, 6) is -0.0356. The first-order valence-electron chi connectivity index (χ1n) is 9.35. The predicted molar refractivity (Wildman–Crippen MR) is 117 cm³/mol. The van der Waals surface area contributed by atoms with Gasteiger partial charge in [-0.05, 0) is 37.6 Å². The summed E-state index contributed by atoms with van der Waals surface area (Å²) in [6.07, 6.45) is 1.58. The van der Waals surface area contributed by atoms with E-state index in [0.29, 0.717) is 12.4 Å². The molecule has 0 unspecified atom stereocenters. The minimum atomic E-state index is -3.74. The van der Waals surface area contributed by atoms with Gasteiger partial charge in [0.05, 0.1) is 28.2 Å². The van der Waals surface area contributed by atoms with Gasteiger partial charge in [0, 0.05) is 19.2 Å². The standard InChI is InChI=1S/C21H23ClN4O3S/c1-15(2)25(3)30(28,29)17-9-10-19(22)18(13-17)21(27)24-20-11-12-23-26(20)14-16-7-5-4-6-8-16/h4-13,15H,14H2,1-3H3,(H,24,27). The molecular weight excluding hydrogens is 424 g/mol. The van der Waals surface area contributed by atoms with E-state index in [1.54, 1.807) is 30.8 Å². The van der Waals surface area contributed by atoms with Gasteiger partial charge in [-0.25, -0.2) is 13.1 Å². The number of nitrogens with one attached hydrogen (secondary N) is 1. The van der Waals surface area contributed by atoms with Crippen molar-refractivity contribution in [2.24, 2.45) is 0 Å². The van der Waals surface area contributed by atoms with Crippen molar-refractivity contribution in [2.75, 3.05) is 12.4 Å². The van der Waals surface area contributed by atoms with Crippen molar-refractivity contribution in [2.45, 2.75) is 31.3 Å². The van der Waals surface area contributed by atoms with Crippen LogP contribution in [0.5, 0.6) is 0 Å². The molecular formula is C21H23ClN4O3S. The van der Waals surface area contributed by atoms with Crippen LogP contribution >= 0.6 is 11.6 Å². The Balaban J connectivity index is 1.86. The number of amides is 1. The normalized spacial score (nSPS) is 11.8. The molecule has 0 saturated carbocycles. The zero-order chi connectivity index (χ0) is 21.9. The van der Waals surface area contributed by atoms with E-state index in [2.05, 4.69) is 10.4 Å². The first-order valence-corrected chi connectivity index (χ1v) is 11.2. The van der Waals surface area contributed by atoms with Crippen LogP contribution in [0, 0.1) is 0 Å². The van der Waals surface area contributed by atoms with Crippen molar-refractivity contribution < 1.29 is 13.2 Å². The maximum atomic E-state index is 12.9. The maximum Gasteiger partial charge on any atom is 0.258 e. The monoisotopic (exact) mass is 446 g/mol. The molecule has 30 heavy (non-hydrogen) atoms. The van der Waals surface area contributed by atoms with E-state index in [0.717, 1.165) is 5.56 Å². The van der Waals surface area contributed by atoms with Gasteiger partial charge in [-0.1, -0.05) is 41.9 Å². The molecule has 1 heterocycles. The summed E-state index contributed by atoms with van der Waals surface area (Å²) in [5, 5.41) is 7.17. The van der Waals surface area contributed by atoms with Crippen molar-refractivity contribution in [1.82, 2.24) is 14.1 Å². The van der Waals surface area contributed by atoms with Crippen molar-refractivity contribution in [3.05, 3.63) is 76.9 Å². The van der Waals surface area contributed by atoms with Gasteiger partial charge in [-0.15, -0.1) is 0 Å². The predicted octanol–water partition coefficient (Wildman–Crippen LogP) is 3.87. The van der Waals surface area contributed by atoms with Gasteiger partial charge >= 0.3 is 0 Å². The summed E-state index contributed by atoms with van der Waals surface area (Å²) in [6.45, 7) is 4.02. The van der Waals surface area contributed by atoms with Crippen molar-refractivity contribution in [3.8, 4) is 0 Å². The molecule has 0 fully saturated rings. The summed E-state index contributed by atoms with van der Waals surface area (Å²) in [5.41, 5.74) is 1.10. The second-order valence-corrected chi connectivity index (χ2v) is 9.48. The third kappa shape index (κ3) is 4.72. The third-order valence-electron chi connectivity index (χ3n) is 4.72. The molecule has 7 nitrogen and oxygen atoms in total. The Labute approximate surface area is 181 Å². The Bertz CT molecular complexity index is 1140. The molecule has 0 saturated heterocycles. The van der Waals surface area contributed by atoms with Crippen LogP contribution in [-0.2, 0) is 16.6 Å². The Morgan fingerprint density at radius 3 is 2.53 bits per heavy atom. The number of rotatable bonds is 7. The molecule has 0 aliphatic carbocycles. The second kappa shape index (κ2) is 8.99. The first kappa shape index (κ1) is 22.0. The molecule has 9 heteroatoms.